The van der Waals surface area contributed by atoms with Crippen molar-refractivity contribution in [3.05, 3.63) is 48.5 Å². The predicted octanol–water partition coefficient (Wildman–Crippen LogP) is 3.77. The zero-order valence-electron chi connectivity index (χ0n) is 11.3. The summed E-state index contributed by atoms with van der Waals surface area (Å²) in [4.78, 5) is 6.55. The van der Waals surface area contributed by atoms with Crippen molar-refractivity contribution in [3.63, 3.8) is 0 Å². The second kappa shape index (κ2) is 5.57. The Kier molecular flexibility index (Phi) is 3.63. The van der Waals surface area contributed by atoms with Gasteiger partial charge in [-0.2, -0.15) is 0 Å². The first-order chi connectivity index (χ1) is 9.72. The second-order valence-electron chi connectivity index (χ2n) is 4.57. The fourth-order valence-corrected chi connectivity index (χ4v) is 3.47. The van der Waals surface area contributed by atoms with E-state index in [1.54, 1.807) is 0 Å². The van der Waals surface area contributed by atoms with Crippen LogP contribution in [0.5, 0.6) is 0 Å². The molecule has 0 fully saturated rings. The van der Waals surface area contributed by atoms with Crippen molar-refractivity contribution in [2.45, 2.75) is 0 Å². The van der Waals surface area contributed by atoms with Gasteiger partial charge in [0.05, 0.1) is 0 Å². The van der Waals surface area contributed by atoms with Gasteiger partial charge in [-0.25, -0.2) is 0 Å². The predicted molar refractivity (Wildman–Crippen MR) is 83.6 cm³/mol. The molecule has 0 atom stereocenters. The quantitative estimate of drug-likeness (QED) is 0.542. The standard InChI is InChI=1S/C15H14N4Se/c1-19(2)12-9-7-11(8-10-12)17-18-15-16-13-5-3-4-6-14(13)20-15/h3-10H,1-2H3. The van der Waals surface area contributed by atoms with Crippen LogP contribution in [0.1, 0.15) is 0 Å². The molecule has 0 aliphatic rings. The van der Waals surface area contributed by atoms with Gasteiger partial charge in [0.15, 0.2) is 0 Å². The molecule has 0 aliphatic heterocycles. The number of para-hydroxylation sites is 1. The molecule has 5 heteroatoms. The fourth-order valence-electron chi connectivity index (χ4n) is 1.82. The molecule has 0 radical (unpaired) electrons. The summed E-state index contributed by atoms with van der Waals surface area (Å²) >= 11 is 0.170. The number of hydrogen-bond donors (Lipinski definition) is 0. The van der Waals surface area contributed by atoms with Crippen LogP contribution in [0.15, 0.2) is 58.8 Å². The average molecular weight is 329 g/mol. The molecule has 0 unspecified atom stereocenters. The van der Waals surface area contributed by atoms with Crippen LogP contribution in [0.2, 0.25) is 0 Å². The van der Waals surface area contributed by atoms with E-state index in [0.717, 1.165) is 21.6 Å². The molecule has 0 aliphatic carbocycles. The first-order valence-corrected chi connectivity index (χ1v) is 7.98. The Bertz CT molecular complexity index is 711. The number of nitrogens with zero attached hydrogens (tertiary/aromatic N) is 4. The Morgan fingerprint density at radius 1 is 0.950 bits per heavy atom. The van der Waals surface area contributed by atoms with Gasteiger partial charge in [0.25, 0.3) is 0 Å². The Morgan fingerprint density at radius 2 is 1.70 bits per heavy atom. The second-order valence-corrected chi connectivity index (χ2v) is 6.69. The molecule has 2 aromatic carbocycles. The molecule has 100 valence electrons. The third-order valence-electron chi connectivity index (χ3n) is 2.90. The molecule has 3 aromatic rings. The maximum atomic E-state index is 4.49. The number of azo groups is 1. The molecule has 1 aromatic heterocycles. The van der Waals surface area contributed by atoms with Crippen LogP contribution in [0, 0.1) is 0 Å². The van der Waals surface area contributed by atoms with Crippen LogP contribution in [-0.2, 0) is 0 Å². The van der Waals surface area contributed by atoms with Crippen molar-refractivity contribution in [3.8, 4) is 0 Å². The van der Waals surface area contributed by atoms with Crippen LogP contribution >= 0.6 is 0 Å². The van der Waals surface area contributed by atoms with Crippen LogP contribution in [-0.4, -0.2) is 33.6 Å². The SMILES string of the molecule is CN(C)c1ccc(N=Nc2nc3ccccc3[se]2)cc1. The van der Waals surface area contributed by atoms with E-state index >= 15 is 0 Å². The normalized spacial score (nSPS) is 11.3. The molecule has 0 saturated heterocycles. The summed E-state index contributed by atoms with van der Waals surface area (Å²) < 4.78 is 2.10. The minimum atomic E-state index is 0.170. The number of fused-ring (bicyclic) bond motifs is 1. The molecule has 4 nitrogen and oxygen atoms in total. The van der Waals surface area contributed by atoms with Crippen molar-refractivity contribution in [2.24, 2.45) is 10.2 Å². The van der Waals surface area contributed by atoms with E-state index in [2.05, 4.69) is 26.2 Å². The fraction of sp³-hybridized carbons (Fsp3) is 0.133. The van der Waals surface area contributed by atoms with Crippen molar-refractivity contribution < 1.29 is 0 Å². The molecular weight excluding hydrogens is 315 g/mol. The molecule has 0 bridgehead atoms. The van der Waals surface area contributed by atoms with Crippen LogP contribution in [0.4, 0.5) is 16.1 Å². The van der Waals surface area contributed by atoms with E-state index in [9.17, 15) is 0 Å². The summed E-state index contributed by atoms with van der Waals surface area (Å²) in [5, 5.41) is 8.53. The molecular formula is C15H14N4Se. The molecule has 20 heavy (non-hydrogen) atoms. The zero-order chi connectivity index (χ0) is 13.9. The van der Waals surface area contributed by atoms with Crippen LogP contribution in [0.3, 0.4) is 0 Å². The summed E-state index contributed by atoms with van der Waals surface area (Å²) in [7, 11) is 4.03. The number of hydrogen-bond acceptors (Lipinski definition) is 4. The van der Waals surface area contributed by atoms with E-state index in [0.29, 0.717) is 0 Å². The third kappa shape index (κ3) is 2.79. The van der Waals surface area contributed by atoms with Gasteiger partial charge in [-0.15, -0.1) is 0 Å². The summed E-state index contributed by atoms with van der Waals surface area (Å²) in [5.74, 6) is 0. The summed E-state index contributed by atoms with van der Waals surface area (Å²) in [5.41, 5.74) is 3.04. The van der Waals surface area contributed by atoms with Crippen LogP contribution in [0.25, 0.3) is 9.78 Å². The van der Waals surface area contributed by atoms with Crippen molar-refractivity contribution in [1.29, 1.82) is 0 Å². The summed E-state index contributed by atoms with van der Waals surface area (Å²) in [6, 6.07) is 16.2. The van der Waals surface area contributed by atoms with Crippen molar-refractivity contribution >= 4 is 40.3 Å². The number of aromatic nitrogens is 1. The van der Waals surface area contributed by atoms with E-state index < -0.39 is 0 Å². The first kappa shape index (κ1) is 13.0. The monoisotopic (exact) mass is 330 g/mol. The first-order valence-electron chi connectivity index (χ1n) is 6.27. The Morgan fingerprint density at radius 3 is 2.40 bits per heavy atom. The summed E-state index contributed by atoms with van der Waals surface area (Å²) in [6.45, 7) is 0. The van der Waals surface area contributed by atoms with Gasteiger partial charge < -0.3 is 0 Å². The Balaban J connectivity index is 1.82. The third-order valence-corrected chi connectivity index (χ3v) is 4.83. The molecule has 0 amide bonds. The van der Waals surface area contributed by atoms with E-state index in [1.807, 2.05) is 56.6 Å². The Hall–Kier alpha value is -1.97. The summed E-state index contributed by atoms with van der Waals surface area (Å²) in [6.07, 6.45) is 0. The van der Waals surface area contributed by atoms with Crippen LogP contribution < -0.4 is 4.90 Å². The van der Waals surface area contributed by atoms with Gasteiger partial charge in [0.1, 0.15) is 0 Å². The van der Waals surface area contributed by atoms with E-state index in [1.165, 1.54) is 4.26 Å². The minimum absolute atomic E-state index is 0.170. The van der Waals surface area contributed by atoms with Gasteiger partial charge in [-0.05, 0) is 0 Å². The van der Waals surface area contributed by atoms with Gasteiger partial charge >= 0.3 is 123 Å². The van der Waals surface area contributed by atoms with Gasteiger partial charge in [0.2, 0.25) is 0 Å². The Labute approximate surface area is 123 Å². The molecule has 3 rings (SSSR count). The van der Waals surface area contributed by atoms with Gasteiger partial charge in [-0.1, -0.05) is 0 Å². The van der Waals surface area contributed by atoms with Gasteiger partial charge in [-0.3, -0.25) is 0 Å². The molecule has 0 saturated carbocycles. The number of benzene rings is 2. The van der Waals surface area contributed by atoms with Gasteiger partial charge in [0, 0.05) is 0 Å². The van der Waals surface area contributed by atoms with Crippen molar-refractivity contribution in [1.82, 2.24) is 4.98 Å². The number of anilines is 1. The van der Waals surface area contributed by atoms with E-state index in [-0.39, 0.29) is 14.5 Å². The van der Waals surface area contributed by atoms with E-state index in [4.69, 9.17) is 0 Å². The number of rotatable bonds is 3. The maximum absolute atomic E-state index is 4.49. The molecule has 0 N–H and O–H groups in total. The topological polar surface area (TPSA) is 40.9 Å². The van der Waals surface area contributed by atoms with Crippen molar-refractivity contribution in [2.75, 3.05) is 19.0 Å². The molecule has 1 heterocycles. The zero-order valence-corrected chi connectivity index (χ0v) is 13.0. The molecule has 0 spiro atoms. The average Bonchev–Trinajstić information content (AvgIpc) is 2.88.